The van der Waals surface area contributed by atoms with Gasteiger partial charge in [-0.15, -0.1) is 13.2 Å². The topological polar surface area (TPSA) is 56.5 Å². The lowest BCUT2D eigenvalue weighted by atomic mass is 10.00. The number of benzene rings is 1. The van der Waals surface area contributed by atoms with Crippen molar-refractivity contribution >= 4 is 0 Å². The summed E-state index contributed by atoms with van der Waals surface area (Å²) in [7, 11) is 0. The number of hydrogen-bond acceptors (Lipinski definition) is 4. The van der Waals surface area contributed by atoms with Crippen LogP contribution in [0.25, 0.3) is 0 Å². The van der Waals surface area contributed by atoms with Gasteiger partial charge in [-0.1, -0.05) is 12.1 Å². The molecule has 2 atom stereocenters. The number of hydrogen-bond donors (Lipinski definition) is 2. The molecule has 2 rings (SSSR count). The number of alkyl halides is 3. The number of nitrogens with two attached hydrogens (primary N) is 1. The molecule has 1 aliphatic heterocycles. The van der Waals surface area contributed by atoms with E-state index in [0.29, 0.717) is 6.42 Å². The predicted molar refractivity (Wildman–Crippen MR) is 71.5 cm³/mol. The third kappa shape index (κ3) is 5.53. The standard InChI is InChI=1S/C14H19F3N2O2/c15-14(16,17)21-12-5-3-10(4-6-12)8-11(19-18)9-13-2-1-7-20-13/h3-6,11,13,19H,1-2,7-9,18H2. The fourth-order valence-corrected chi connectivity index (χ4v) is 2.47. The molecule has 118 valence electrons. The Morgan fingerprint density at radius 3 is 2.57 bits per heavy atom. The van der Waals surface area contributed by atoms with E-state index in [1.54, 1.807) is 12.1 Å². The van der Waals surface area contributed by atoms with Crippen LogP contribution < -0.4 is 16.0 Å². The van der Waals surface area contributed by atoms with Gasteiger partial charge in [0.25, 0.3) is 0 Å². The highest BCUT2D eigenvalue weighted by Crippen LogP contribution is 2.24. The van der Waals surface area contributed by atoms with Crippen LogP contribution in [0.4, 0.5) is 13.2 Å². The fraction of sp³-hybridized carbons (Fsp3) is 0.571. The lowest BCUT2D eigenvalue weighted by Gasteiger charge is -2.19. The monoisotopic (exact) mass is 304 g/mol. The molecule has 1 aromatic rings. The summed E-state index contributed by atoms with van der Waals surface area (Å²) in [5.74, 6) is 5.31. The fourth-order valence-electron chi connectivity index (χ4n) is 2.47. The molecule has 0 aromatic heterocycles. The van der Waals surface area contributed by atoms with Crippen molar-refractivity contribution in [3.63, 3.8) is 0 Å². The van der Waals surface area contributed by atoms with Gasteiger partial charge in [0.15, 0.2) is 0 Å². The molecule has 1 saturated heterocycles. The molecule has 3 N–H and O–H groups in total. The van der Waals surface area contributed by atoms with Gasteiger partial charge >= 0.3 is 6.36 Å². The Morgan fingerprint density at radius 1 is 1.33 bits per heavy atom. The zero-order chi connectivity index (χ0) is 15.3. The van der Waals surface area contributed by atoms with E-state index in [2.05, 4.69) is 10.2 Å². The van der Waals surface area contributed by atoms with Crippen molar-refractivity contribution in [2.75, 3.05) is 6.61 Å². The van der Waals surface area contributed by atoms with Gasteiger partial charge in [0.05, 0.1) is 6.10 Å². The molecule has 0 amide bonds. The SMILES string of the molecule is NNC(Cc1ccc(OC(F)(F)F)cc1)CC1CCCO1. The van der Waals surface area contributed by atoms with E-state index >= 15 is 0 Å². The highest BCUT2D eigenvalue weighted by Gasteiger charge is 2.31. The Balaban J connectivity index is 1.88. The van der Waals surface area contributed by atoms with E-state index in [0.717, 1.165) is 31.4 Å². The normalized spacial score (nSPS) is 20.5. The predicted octanol–water partition coefficient (Wildman–Crippen LogP) is 2.53. The van der Waals surface area contributed by atoms with Crippen molar-refractivity contribution in [3.8, 4) is 5.75 Å². The van der Waals surface area contributed by atoms with Crippen LogP contribution in [-0.4, -0.2) is 25.1 Å². The minimum atomic E-state index is -4.66. The summed E-state index contributed by atoms with van der Waals surface area (Å²) in [6.45, 7) is 0.783. The van der Waals surface area contributed by atoms with Gasteiger partial charge in [0.2, 0.25) is 0 Å². The molecule has 0 saturated carbocycles. The Kier molecular flexibility index (Phi) is 5.44. The van der Waals surface area contributed by atoms with Crippen LogP contribution in [0.15, 0.2) is 24.3 Å². The van der Waals surface area contributed by atoms with Crippen LogP contribution in [0.3, 0.4) is 0 Å². The van der Waals surface area contributed by atoms with Crippen molar-refractivity contribution in [2.45, 2.75) is 44.2 Å². The number of rotatable bonds is 6. The number of hydrazine groups is 1. The van der Waals surface area contributed by atoms with Crippen LogP contribution >= 0.6 is 0 Å². The Hall–Kier alpha value is -1.31. The summed E-state index contributed by atoms with van der Waals surface area (Å²) in [4.78, 5) is 0. The zero-order valence-electron chi connectivity index (χ0n) is 11.5. The number of ether oxygens (including phenoxy) is 2. The van der Waals surface area contributed by atoms with E-state index in [9.17, 15) is 13.2 Å². The first-order chi connectivity index (χ1) is 9.96. The average molecular weight is 304 g/mol. The number of halogens is 3. The first-order valence-corrected chi connectivity index (χ1v) is 6.88. The lowest BCUT2D eigenvalue weighted by Crippen LogP contribution is -2.39. The second-order valence-corrected chi connectivity index (χ2v) is 5.13. The lowest BCUT2D eigenvalue weighted by molar-refractivity contribution is -0.274. The molecule has 21 heavy (non-hydrogen) atoms. The number of nitrogens with one attached hydrogen (secondary N) is 1. The summed E-state index contributed by atoms with van der Waals surface area (Å²) < 4.78 is 45.6. The summed E-state index contributed by atoms with van der Waals surface area (Å²) in [6, 6.07) is 5.87. The van der Waals surface area contributed by atoms with Gasteiger partial charge in [-0.05, 0) is 43.4 Å². The first-order valence-electron chi connectivity index (χ1n) is 6.88. The maximum absolute atomic E-state index is 12.1. The van der Waals surface area contributed by atoms with E-state index in [-0.39, 0.29) is 17.9 Å². The molecule has 1 aromatic carbocycles. The minimum absolute atomic E-state index is 0.0301. The molecular weight excluding hydrogens is 285 g/mol. The van der Waals surface area contributed by atoms with Crippen molar-refractivity contribution in [1.82, 2.24) is 5.43 Å². The largest absolute Gasteiger partial charge is 0.573 e. The van der Waals surface area contributed by atoms with Crippen molar-refractivity contribution < 1.29 is 22.6 Å². The summed E-state index contributed by atoms with van der Waals surface area (Å²) in [5.41, 5.74) is 3.63. The van der Waals surface area contributed by atoms with Crippen LogP contribution in [0.2, 0.25) is 0 Å². The van der Waals surface area contributed by atoms with Crippen LogP contribution in [0.1, 0.15) is 24.8 Å². The summed E-state index contributed by atoms with van der Waals surface area (Å²) >= 11 is 0. The maximum atomic E-state index is 12.1. The average Bonchev–Trinajstić information content (AvgIpc) is 2.91. The molecule has 7 heteroatoms. The molecular formula is C14H19F3N2O2. The van der Waals surface area contributed by atoms with Gasteiger partial charge in [0, 0.05) is 12.6 Å². The van der Waals surface area contributed by atoms with Crippen molar-refractivity contribution in [2.24, 2.45) is 5.84 Å². The van der Waals surface area contributed by atoms with Crippen LogP contribution in [-0.2, 0) is 11.2 Å². The molecule has 1 fully saturated rings. The molecule has 0 bridgehead atoms. The molecule has 1 aliphatic rings. The molecule has 0 aliphatic carbocycles. The smallest absolute Gasteiger partial charge is 0.406 e. The third-order valence-corrected chi connectivity index (χ3v) is 3.45. The Morgan fingerprint density at radius 2 is 2.05 bits per heavy atom. The van der Waals surface area contributed by atoms with Gasteiger partial charge in [-0.2, -0.15) is 0 Å². The third-order valence-electron chi connectivity index (χ3n) is 3.45. The Bertz CT molecular complexity index is 431. The van der Waals surface area contributed by atoms with Gasteiger partial charge in [0.1, 0.15) is 5.75 Å². The van der Waals surface area contributed by atoms with Crippen molar-refractivity contribution in [1.29, 1.82) is 0 Å². The second-order valence-electron chi connectivity index (χ2n) is 5.13. The summed E-state index contributed by atoms with van der Waals surface area (Å²) in [5, 5.41) is 0. The van der Waals surface area contributed by atoms with Crippen LogP contribution in [0, 0.1) is 0 Å². The van der Waals surface area contributed by atoms with E-state index in [4.69, 9.17) is 10.6 Å². The second kappa shape index (κ2) is 7.11. The molecule has 2 unspecified atom stereocenters. The molecule has 4 nitrogen and oxygen atoms in total. The molecule has 1 heterocycles. The molecule has 0 radical (unpaired) electrons. The first kappa shape index (κ1) is 16.1. The zero-order valence-corrected chi connectivity index (χ0v) is 11.5. The molecule has 0 spiro atoms. The maximum Gasteiger partial charge on any atom is 0.573 e. The summed E-state index contributed by atoms with van der Waals surface area (Å²) in [6.07, 6.45) is -0.955. The van der Waals surface area contributed by atoms with Gasteiger partial charge < -0.3 is 9.47 Å². The minimum Gasteiger partial charge on any atom is -0.406 e. The quantitative estimate of drug-likeness (QED) is 0.626. The van der Waals surface area contributed by atoms with Crippen LogP contribution in [0.5, 0.6) is 5.75 Å². The highest BCUT2D eigenvalue weighted by molar-refractivity contribution is 5.28. The van der Waals surface area contributed by atoms with Crippen molar-refractivity contribution in [3.05, 3.63) is 29.8 Å². The van der Waals surface area contributed by atoms with E-state index in [1.807, 2.05) is 0 Å². The van der Waals surface area contributed by atoms with Gasteiger partial charge in [-0.3, -0.25) is 11.3 Å². The van der Waals surface area contributed by atoms with E-state index < -0.39 is 6.36 Å². The van der Waals surface area contributed by atoms with E-state index in [1.165, 1.54) is 12.1 Å². The Labute approximate surface area is 121 Å². The highest BCUT2D eigenvalue weighted by atomic mass is 19.4. The van der Waals surface area contributed by atoms with Gasteiger partial charge in [-0.25, -0.2) is 0 Å².